The van der Waals surface area contributed by atoms with Gasteiger partial charge in [-0.05, 0) is 77.2 Å². The Labute approximate surface area is 170 Å². The van der Waals surface area contributed by atoms with Crippen molar-refractivity contribution in [3.63, 3.8) is 0 Å². The molecular formula is C21H13ClN4O3. The highest BCUT2D eigenvalue weighted by molar-refractivity contribution is 6.30. The van der Waals surface area contributed by atoms with E-state index in [9.17, 15) is 9.59 Å². The first-order chi connectivity index (χ1) is 14.1. The van der Waals surface area contributed by atoms with Crippen molar-refractivity contribution < 1.29 is 14.3 Å². The number of esters is 1. The van der Waals surface area contributed by atoms with E-state index in [4.69, 9.17) is 16.3 Å². The van der Waals surface area contributed by atoms with E-state index in [0.717, 1.165) is 0 Å². The van der Waals surface area contributed by atoms with Gasteiger partial charge in [-0.15, -0.1) is 5.10 Å². The van der Waals surface area contributed by atoms with Gasteiger partial charge in [-0.2, -0.15) is 0 Å². The summed E-state index contributed by atoms with van der Waals surface area (Å²) in [5, 5.41) is 11.5. The van der Waals surface area contributed by atoms with Gasteiger partial charge in [0.2, 0.25) is 0 Å². The van der Waals surface area contributed by atoms with Crippen LogP contribution in [0.3, 0.4) is 0 Å². The summed E-state index contributed by atoms with van der Waals surface area (Å²) in [5.74, 6) is -0.346. The number of carbonyl (C=O) groups is 2. The highest BCUT2D eigenvalue weighted by Gasteiger charge is 2.12. The standard InChI is InChI=1S/C21H13ClN4O3/c22-17-8-4-14(5-9-17)20(27)15-6-10-19(11-7-15)29-21(28)16-2-1-3-18(12-16)26-13-23-24-25-26/h1-13H. The van der Waals surface area contributed by atoms with Crippen LogP contribution in [0, 0.1) is 0 Å². The summed E-state index contributed by atoms with van der Waals surface area (Å²) in [4.78, 5) is 24.9. The molecule has 0 radical (unpaired) electrons. The van der Waals surface area contributed by atoms with E-state index >= 15 is 0 Å². The van der Waals surface area contributed by atoms with E-state index in [1.54, 1.807) is 72.8 Å². The van der Waals surface area contributed by atoms with Gasteiger partial charge in [-0.25, -0.2) is 9.48 Å². The molecule has 0 aliphatic carbocycles. The number of nitrogens with zero attached hydrogens (tertiary/aromatic N) is 4. The minimum absolute atomic E-state index is 0.145. The van der Waals surface area contributed by atoms with Crippen LogP contribution < -0.4 is 4.74 Å². The molecule has 0 amide bonds. The lowest BCUT2D eigenvalue weighted by Crippen LogP contribution is -2.09. The van der Waals surface area contributed by atoms with Gasteiger partial charge in [0.25, 0.3) is 0 Å². The fourth-order valence-corrected chi connectivity index (χ4v) is 2.79. The van der Waals surface area contributed by atoms with Crippen molar-refractivity contribution in [2.45, 2.75) is 0 Å². The van der Waals surface area contributed by atoms with Gasteiger partial charge in [-0.1, -0.05) is 17.7 Å². The SMILES string of the molecule is O=C(Oc1ccc(C(=O)c2ccc(Cl)cc2)cc1)c1cccc(-n2cnnn2)c1. The maximum atomic E-state index is 12.5. The second-order valence-corrected chi connectivity index (χ2v) is 6.49. The first kappa shape index (κ1) is 18.5. The van der Waals surface area contributed by atoms with Gasteiger partial charge in [-0.3, -0.25) is 4.79 Å². The summed E-state index contributed by atoms with van der Waals surface area (Å²) in [6, 6.07) is 19.7. The predicted octanol–water partition coefficient (Wildman–Crippen LogP) is 3.77. The van der Waals surface area contributed by atoms with E-state index < -0.39 is 5.97 Å². The molecule has 0 bridgehead atoms. The average molecular weight is 405 g/mol. The number of ketones is 1. The summed E-state index contributed by atoms with van der Waals surface area (Å²) < 4.78 is 6.84. The smallest absolute Gasteiger partial charge is 0.343 e. The number of hydrogen-bond donors (Lipinski definition) is 0. The predicted molar refractivity (Wildman–Crippen MR) is 105 cm³/mol. The Balaban J connectivity index is 1.47. The van der Waals surface area contributed by atoms with Crippen LogP contribution in [-0.2, 0) is 0 Å². The lowest BCUT2D eigenvalue weighted by molar-refractivity contribution is 0.0734. The topological polar surface area (TPSA) is 87.0 Å². The Morgan fingerprint density at radius 3 is 2.21 bits per heavy atom. The third-order valence-corrected chi connectivity index (χ3v) is 4.38. The highest BCUT2D eigenvalue weighted by atomic mass is 35.5. The second-order valence-electron chi connectivity index (χ2n) is 6.05. The summed E-state index contributed by atoms with van der Waals surface area (Å²) in [6.45, 7) is 0. The minimum atomic E-state index is -0.531. The van der Waals surface area contributed by atoms with Gasteiger partial charge in [0.1, 0.15) is 12.1 Å². The van der Waals surface area contributed by atoms with Crippen molar-refractivity contribution >= 4 is 23.4 Å². The van der Waals surface area contributed by atoms with Crippen molar-refractivity contribution in [2.75, 3.05) is 0 Å². The molecule has 3 aromatic carbocycles. The molecule has 0 aliphatic heterocycles. The molecule has 1 aromatic heterocycles. The Morgan fingerprint density at radius 1 is 0.862 bits per heavy atom. The van der Waals surface area contributed by atoms with Crippen molar-refractivity contribution in [1.82, 2.24) is 20.2 Å². The molecule has 0 unspecified atom stereocenters. The lowest BCUT2D eigenvalue weighted by Gasteiger charge is -2.07. The van der Waals surface area contributed by atoms with Gasteiger partial charge in [0, 0.05) is 16.1 Å². The normalized spacial score (nSPS) is 10.5. The Kier molecular flexibility index (Phi) is 5.13. The van der Waals surface area contributed by atoms with Gasteiger partial charge >= 0.3 is 5.97 Å². The van der Waals surface area contributed by atoms with Crippen LogP contribution in [0.4, 0.5) is 0 Å². The van der Waals surface area contributed by atoms with Crippen LogP contribution in [0.2, 0.25) is 5.02 Å². The Bertz CT molecular complexity index is 1160. The molecule has 7 nitrogen and oxygen atoms in total. The molecule has 8 heteroatoms. The molecule has 0 saturated heterocycles. The van der Waals surface area contributed by atoms with Crippen LogP contribution in [-0.4, -0.2) is 32.0 Å². The Morgan fingerprint density at radius 2 is 1.55 bits per heavy atom. The molecule has 142 valence electrons. The molecular weight excluding hydrogens is 392 g/mol. The van der Waals surface area contributed by atoms with Crippen molar-refractivity contribution in [3.8, 4) is 11.4 Å². The van der Waals surface area contributed by atoms with E-state index in [1.165, 1.54) is 11.0 Å². The number of benzene rings is 3. The average Bonchev–Trinajstić information content (AvgIpc) is 3.29. The first-order valence-electron chi connectivity index (χ1n) is 8.56. The minimum Gasteiger partial charge on any atom is -0.423 e. The second kappa shape index (κ2) is 8.04. The first-order valence-corrected chi connectivity index (χ1v) is 8.94. The molecule has 4 aromatic rings. The number of ether oxygens (including phenoxy) is 1. The van der Waals surface area contributed by atoms with Gasteiger partial charge < -0.3 is 4.74 Å². The molecule has 0 spiro atoms. The maximum absolute atomic E-state index is 12.5. The molecule has 29 heavy (non-hydrogen) atoms. The maximum Gasteiger partial charge on any atom is 0.343 e. The van der Waals surface area contributed by atoms with Gasteiger partial charge in [0.05, 0.1) is 11.3 Å². The van der Waals surface area contributed by atoms with E-state index in [1.807, 2.05) is 0 Å². The molecule has 1 heterocycles. The molecule has 0 saturated carbocycles. The van der Waals surface area contributed by atoms with Crippen LogP contribution in [0.1, 0.15) is 26.3 Å². The van der Waals surface area contributed by atoms with Crippen LogP contribution in [0.15, 0.2) is 79.1 Å². The summed E-state index contributed by atoms with van der Waals surface area (Å²) in [5.41, 5.74) is 1.99. The van der Waals surface area contributed by atoms with E-state index in [-0.39, 0.29) is 5.78 Å². The monoisotopic (exact) mass is 404 g/mol. The van der Waals surface area contributed by atoms with Crippen LogP contribution >= 0.6 is 11.6 Å². The zero-order valence-electron chi connectivity index (χ0n) is 14.9. The number of rotatable bonds is 5. The fraction of sp³-hybridized carbons (Fsp3) is 0. The summed E-state index contributed by atoms with van der Waals surface area (Å²) in [6.07, 6.45) is 1.43. The number of carbonyl (C=O) groups excluding carboxylic acids is 2. The number of aromatic nitrogens is 4. The van der Waals surface area contributed by atoms with Crippen molar-refractivity contribution in [3.05, 3.63) is 101 Å². The number of tetrazole rings is 1. The molecule has 0 fully saturated rings. The number of halogens is 1. The molecule has 0 atom stereocenters. The summed E-state index contributed by atoms with van der Waals surface area (Å²) in [7, 11) is 0. The quantitative estimate of drug-likeness (QED) is 0.286. The van der Waals surface area contributed by atoms with E-state index in [2.05, 4.69) is 15.5 Å². The zero-order chi connectivity index (χ0) is 20.2. The largest absolute Gasteiger partial charge is 0.423 e. The van der Waals surface area contributed by atoms with Gasteiger partial charge in [0.15, 0.2) is 5.78 Å². The van der Waals surface area contributed by atoms with Crippen molar-refractivity contribution in [2.24, 2.45) is 0 Å². The molecule has 0 aliphatic rings. The fourth-order valence-electron chi connectivity index (χ4n) is 2.66. The van der Waals surface area contributed by atoms with E-state index in [0.29, 0.717) is 33.1 Å². The summed E-state index contributed by atoms with van der Waals surface area (Å²) >= 11 is 5.85. The molecule has 4 rings (SSSR count). The van der Waals surface area contributed by atoms with Crippen LogP contribution in [0.25, 0.3) is 5.69 Å². The van der Waals surface area contributed by atoms with Crippen molar-refractivity contribution in [1.29, 1.82) is 0 Å². The van der Waals surface area contributed by atoms with Crippen LogP contribution in [0.5, 0.6) is 5.75 Å². The number of hydrogen-bond acceptors (Lipinski definition) is 6. The zero-order valence-corrected chi connectivity index (χ0v) is 15.7. The third kappa shape index (κ3) is 4.20. The highest BCUT2D eigenvalue weighted by Crippen LogP contribution is 2.19. The Hall–Kier alpha value is -3.84. The third-order valence-electron chi connectivity index (χ3n) is 4.13. The lowest BCUT2D eigenvalue weighted by atomic mass is 10.0. The molecule has 0 N–H and O–H groups in total.